The molecule has 0 saturated carbocycles. The van der Waals surface area contributed by atoms with Gasteiger partial charge in [-0.05, 0) is 67.0 Å². The van der Waals surface area contributed by atoms with Gasteiger partial charge in [-0.15, -0.1) is 13.2 Å². The second kappa shape index (κ2) is 7.45. The molecule has 0 radical (unpaired) electrons. The highest BCUT2D eigenvalue weighted by Crippen LogP contribution is 2.43. The molecule has 0 spiro atoms. The Labute approximate surface area is 161 Å². The Morgan fingerprint density at radius 1 is 1.41 bits per heavy atom. The maximum absolute atomic E-state index is 11.5. The maximum Gasteiger partial charge on any atom is 0.119 e. The van der Waals surface area contributed by atoms with E-state index in [4.69, 9.17) is 4.74 Å². The van der Waals surface area contributed by atoms with Crippen LogP contribution in [0.2, 0.25) is 0 Å². The number of benzene rings is 1. The van der Waals surface area contributed by atoms with Gasteiger partial charge in [0.2, 0.25) is 0 Å². The van der Waals surface area contributed by atoms with Crippen LogP contribution in [0.25, 0.3) is 10.9 Å². The Hall–Kier alpha value is -2.17. The number of hydrogen-bond acceptors (Lipinski definition) is 4. The van der Waals surface area contributed by atoms with Gasteiger partial charge in [-0.2, -0.15) is 0 Å². The van der Waals surface area contributed by atoms with Gasteiger partial charge >= 0.3 is 0 Å². The molecule has 5 rings (SSSR count). The second-order valence-corrected chi connectivity index (χ2v) is 7.76. The molecule has 3 saturated heterocycles. The largest absolute Gasteiger partial charge is 0.497 e. The van der Waals surface area contributed by atoms with Crippen molar-refractivity contribution in [2.75, 3.05) is 20.2 Å². The lowest BCUT2D eigenvalue weighted by Gasteiger charge is -2.50. The van der Waals surface area contributed by atoms with Crippen LogP contribution in [-0.4, -0.2) is 41.2 Å². The van der Waals surface area contributed by atoms with Crippen molar-refractivity contribution in [2.24, 2.45) is 11.8 Å². The van der Waals surface area contributed by atoms with Crippen molar-refractivity contribution in [2.45, 2.75) is 31.4 Å². The summed E-state index contributed by atoms with van der Waals surface area (Å²) >= 11 is 0. The maximum atomic E-state index is 11.5. The molecule has 1 aromatic carbocycles. The van der Waals surface area contributed by atoms with Gasteiger partial charge < -0.3 is 9.84 Å². The van der Waals surface area contributed by atoms with Gasteiger partial charge in [0.1, 0.15) is 5.75 Å². The van der Waals surface area contributed by atoms with E-state index < -0.39 is 6.10 Å². The molecule has 4 nitrogen and oxygen atoms in total. The first-order valence-electron chi connectivity index (χ1n) is 9.77. The van der Waals surface area contributed by atoms with E-state index in [1.165, 1.54) is 6.42 Å². The van der Waals surface area contributed by atoms with Gasteiger partial charge in [-0.3, -0.25) is 9.88 Å². The molecule has 2 aromatic rings. The van der Waals surface area contributed by atoms with Gasteiger partial charge in [0, 0.05) is 24.2 Å². The summed E-state index contributed by atoms with van der Waals surface area (Å²) in [4.78, 5) is 7.04. The molecule has 27 heavy (non-hydrogen) atoms. The molecule has 3 aliphatic heterocycles. The number of pyridine rings is 1. The number of aromatic nitrogens is 1. The minimum absolute atomic E-state index is 0.139. The third-order valence-electron chi connectivity index (χ3n) is 6.38. The number of allylic oxidation sites excluding steroid dienone is 1. The number of ether oxygens (including phenoxy) is 1. The van der Waals surface area contributed by atoms with Crippen LogP contribution in [0.5, 0.6) is 5.75 Å². The van der Waals surface area contributed by atoms with Crippen molar-refractivity contribution in [3.63, 3.8) is 0 Å². The van der Waals surface area contributed by atoms with E-state index in [0.717, 1.165) is 47.3 Å². The Morgan fingerprint density at radius 3 is 2.93 bits per heavy atom. The van der Waals surface area contributed by atoms with Crippen molar-refractivity contribution in [1.82, 2.24) is 9.88 Å². The second-order valence-electron chi connectivity index (χ2n) is 7.76. The average Bonchev–Trinajstić information content (AvgIpc) is 2.73. The fraction of sp³-hybridized carbons (Fsp3) is 0.435. The van der Waals surface area contributed by atoms with E-state index in [-0.39, 0.29) is 6.04 Å². The lowest BCUT2D eigenvalue weighted by Crippen LogP contribution is -2.55. The number of rotatable bonds is 6. The van der Waals surface area contributed by atoms with Gasteiger partial charge in [-0.25, -0.2) is 0 Å². The molecule has 1 unspecified atom stereocenters. The summed E-state index contributed by atoms with van der Waals surface area (Å²) in [5, 5.41) is 12.5. The first kappa shape index (κ1) is 18.2. The van der Waals surface area contributed by atoms with Crippen LogP contribution in [0.4, 0.5) is 0 Å². The first-order chi connectivity index (χ1) is 13.2. The Balaban J connectivity index is 1.78. The number of aliphatic hydroxyl groups excluding tert-OH is 1. The topological polar surface area (TPSA) is 45.6 Å². The van der Waals surface area contributed by atoms with Crippen molar-refractivity contribution in [1.29, 1.82) is 0 Å². The average molecular weight is 364 g/mol. The van der Waals surface area contributed by atoms with E-state index in [9.17, 15) is 5.11 Å². The molecule has 4 heteroatoms. The quantitative estimate of drug-likeness (QED) is 0.790. The number of aliphatic hydroxyl groups is 1. The zero-order valence-electron chi connectivity index (χ0n) is 16.0. The predicted molar refractivity (Wildman–Crippen MR) is 109 cm³/mol. The third kappa shape index (κ3) is 3.17. The molecule has 1 N–H and O–H groups in total. The summed E-state index contributed by atoms with van der Waals surface area (Å²) in [6.07, 6.45) is 8.21. The van der Waals surface area contributed by atoms with E-state index in [2.05, 4.69) is 29.1 Å². The minimum atomic E-state index is -0.550. The monoisotopic (exact) mass is 364 g/mol. The highest BCUT2D eigenvalue weighted by atomic mass is 16.5. The predicted octanol–water partition coefficient (Wildman–Crippen LogP) is 3.90. The number of fused-ring (bicyclic) bond motifs is 4. The molecule has 0 amide bonds. The Morgan fingerprint density at radius 2 is 2.26 bits per heavy atom. The van der Waals surface area contributed by atoms with E-state index >= 15 is 0 Å². The summed E-state index contributed by atoms with van der Waals surface area (Å²) in [5.74, 6) is 1.95. The summed E-state index contributed by atoms with van der Waals surface area (Å²) < 4.78 is 5.43. The number of piperidine rings is 3. The smallest absolute Gasteiger partial charge is 0.119 e. The van der Waals surface area contributed by atoms with Crippen LogP contribution in [0.15, 0.2) is 49.7 Å². The fourth-order valence-electron chi connectivity index (χ4n) is 4.93. The van der Waals surface area contributed by atoms with Gasteiger partial charge in [-0.1, -0.05) is 12.2 Å². The third-order valence-corrected chi connectivity index (χ3v) is 6.38. The molecule has 142 valence electrons. The van der Waals surface area contributed by atoms with Crippen LogP contribution < -0.4 is 4.74 Å². The van der Waals surface area contributed by atoms with Crippen molar-refractivity contribution >= 4 is 10.9 Å². The number of methoxy groups -OCH3 is 1. The molecule has 3 aliphatic rings. The molecule has 4 heterocycles. The van der Waals surface area contributed by atoms with Crippen molar-refractivity contribution < 1.29 is 9.84 Å². The lowest BCUT2D eigenvalue weighted by molar-refractivity contribution is -0.0447. The van der Waals surface area contributed by atoms with Crippen LogP contribution in [0, 0.1) is 11.8 Å². The Kier molecular flexibility index (Phi) is 5.02. The summed E-state index contributed by atoms with van der Waals surface area (Å²) in [6, 6.07) is 6.01. The van der Waals surface area contributed by atoms with Crippen LogP contribution in [0.1, 0.15) is 30.1 Å². The number of hydrogen-bond donors (Lipinski definition) is 1. The van der Waals surface area contributed by atoms with E-state index in [1.807, 2.05) is 30.5 Å². The zero-order valence-corrected chi connectivity index (χ0v) is 16.0. The zero-order chi connectivity index (χ0) is 19.0. The van der Waals surface area contributed by atoms with Gasteiger partial charge in [0.05, 0.1) is 18.7 Å². The summed E-state index contributed by atoms with van der Waals surface area (Å²) in [6.45, 7) is 9.95. The van der Waals surface area contributed by atoms with Crippen molar-refractivity contribution in [3.05, 3.63) is 60.8 Å². The Bertz CT molecular complexity index is 863. The van der Waals surface area contributed by atoms with Crippen LogP contribution in [-0.2, 0) is 6.42 Å². The highest BCUT2D eigenvalue weighted by molar-refractivity contribution is 5.85. The molecule has 5 atom stereocenters. The highest BCUT2D eigenvalue weighted by Gasteiger charge is 2.42. The van der Waals surface area contributed by atoms with E-state index in [0.29, 0.717) is 18.3 Å². The fourth-order valence-corrected chi connectivity index (χ4v) is 4.93. The molecule has 2 bridgehead atoms. The SMILES string of the molecule is C=CCc1cnc2ccc(OC)cc2c1[C@@H](O)[C@@H]1C[C@@H]2CCN1C[C@@H]2C=C. The first-order valence-corrected chi connectivity index (χ1v) is 9.77. The standard InChI is InChI=1S/C23H28N2O2/c1-4-6-17-13-24-20-8-7-18(27-3)12-19(20)22(17)23(26)21-11-16-9-10-25(21)14-15(16)5-2/h4-5,7-8,12-13,15-16,21,23,26H,1-2,6,9-11,14H2,3H3/t15-,16-,21-,23-/m0/s1. The lowest BCUT2D eigenvalue weighted by atomic mass is 9.73. The molecule has 3 fully saturated rings. The van der Waals surface area contributed by atoms with Crippen LogP contribution in [0.3, 0.4) is 0 Å². The molecular weight excluding hydrogens is 336 g/mol. The normalized spacial score (nSPS) is 28.1. The van der Waals surface area contributed by atoms with Gasteiger partial charge in [0.25, 0.3) is 0 Å². The molecular formula is C23H28N2O2. The molecule has 1 aromatic heterocycles. The summed E-state index contributed by atoms with van der Waals surface area (Å²) in [5.41, 5.74) is 2.91. The van der Waals surface area contributed by atoms with Crippen molar-refractivity contribution in [3.8, 4) is 5.75 Å². The minimum Gasteiger partial charge on any atom is -0.497 e. The van der Waals surface area contributed by atoms with Gasteiger partial charge in [0.15, 0.2) is 0 Å². The number of nitrogens with zero attached hydrogens (tertiary/aromatic N) is 2. The van der Waals surface area contributed by atoms with Crippen LogP contribution >= 0.6 is 0 Å². The van der Waals surface area contributed by atoms with E-state index in [1.54, 1.807) is 7.11 Å². The summed E-state index contributed by atoms with van der Waals surface area (Å²) in [7, 11) is 1.67. The molecule has 0 aliphatic carbocycles.